The van der Waals surface area contributed by atoms with Crippen LogP contribution < -0.4 is 10.4 Å². The second kappa shape index (κ2) is 9.37. The van der Waals surface area contributed by atoms with Gasteiger partial charge in [-0.1, -0.05) is 84.9 Å². The molecular formula is C23H20NO4-. The van der Waals surface area contributed by atoms with Crippen molar-refractivity contribution in [3.63, 3.8) is 0 Å². The number of carboxylic acids is 1. The van der Waals surface area contributed by atoms with E-state index in [0.29, 0.717) is 0 Å². The molecule has 5 heteroatoms. The van der Waals surface area contributed by atoms with Gasteiger partial charge in [-0.15, -0.1) is 0 Å². The van der Waals surface area contributed by atoms with E-state index >= 15 is 0 Å². The number of carboxylic acid groups (broad SMARTS) is 1. The SMILES string of the molecule is O=C(N[C@H](Cc1ccc(-c2ccccc2)cc1)C(=O)[O-])OCc1ccccc1. The van der Waals surface area contributed by atoms with E-state index in [4.69, 9.17) is 4.74 Å². The van der Waals surface area contributed by atoms with Gasteiger partial charge in [0.1, 0.15) is 6.61 Å². The Bertz CT molecular complexity index is 908. The van der Waals surface area contributed by atoms with Crippen molar-refractivity contribution in [1.29, 1.82) is 0 Å². The Labute approximate surface area is 163 Å². The van der Waals surface area contributed by atoms with Crippen LogP contribution in [0.4, 0.5) is 4.79 Å². The van der Waals surface area contributed by atoms with Gasteiger partial charge in [-0.2, -0.15) is 0 Å². The standard InChI is InChI=1S/C23H21NO4/c25-22(26)21(24-23(27)28-16-18-7-3-1-4-8-18)15-17-11-13-20(14-12-17)19-9-5-2-6-10-19/h1-14,21H,15-16H2,(H,24,27)(H,25,26)/p-1/t21-/m1/s1. The summed E-state index contributed by atoms with van der Waals surface area (Å²) in [5.41, 5.74) is 3.70. The molecule has 0 spiro atoms. The van der Waals surface area contributed by atoms with Crippen LogP contribution in [-0.4, -0.2) is 18.1 Å². The summed E-state index contributed by atoms with van der Waals surface area (Å²) in [6.07, 6.45) is -0.684. The highest BCUT2D eigenvalue weighted by molar-refractivity contribution is 5.79. The van der Waals surface area contributed by atoms with Crippen LogP contribution in [0.25, 0.3) is 11.1 Å². The van der Waals surface area contributed by atoms with Gasteiger partial charge in [0.15, 0.2) is 0 Å². The predicted molar refractivity (Wildman–Crippen MR) is 104 cm³/mol. The lowest BCUT2D eigenvalue weighted by atomic mass is 10.0. The lowest BCUT2D eigenvalue weighted by Gasteiger charge is -2.19. The summed E-state index contributed by atoms with van der Waals surface area (Å²) in [4.78, 5) is 23.4. The minimum Gasteiger partial charge on any atom is -0.548 e. The van der Waals surface area contributed by atoms with Crippen molar-refractivity contribution in [1.82, 2.24) is 5.32 Å². The summed E-state index contributed by atoms with van der Waals surface area (Å²) >= 11 is 0. The van der Waals surface area contributed by atoms with Gasteiger partial charge in [0.05, 0.1) is 12.0 Å². The van der Waals surface area contributed by atoms with E-state index in [2.05, 4.69) is 5.32 Å². The molecule has 1 amide bonds. The van der Waals surface area contributed by atoms with Crippen molar-refractivity contribution < 1.29 is 19.4 Å². The van der Waals surface area contributed by atoms with Gasteiger partial charge in [-0.05, 0) is 28.7 Å². The van der Waals surface area contributed by atoms with Gasteiger partial charge in [0, 0.05) is 0 Å². The van der Waals surface area contributed by atoms with Crippen molar-refractivity contribution in [2.24, 2.45) is 0 Å². The fourth-order valence-corrected chi connectivity index (χ4v) is 2.80. The van der Waals surface area contributed by atoms with Gasteiger partial charge in [0.2, 0.25) is 0 Å². The van der Waals surface area contributed by atoms with Gasteiger partial charge < -0.3 is 20.0 Å². The molecule has 0 aromatic heterocycles. The number of carbonyl (C=O) groups is 2. The molecule has 3 rings (SSSR count). The molecule has 1 atom stereocenters. The second-order valence-corrected chi connectivity index (χ2v) is 6.34. The number of benzene rings is 3. The van der Waals surface area contributed by atoms with Gasteiger partial charge in [-0.3, -0.25) is 0 Å². The average Bonchev–Trinajstić information content (AvgIpc) is 2.73. The first-order chi connectivity index (χ1) is 13.6. The van der Waals surface area contributed by atoms with E-state index in [1.807, 2.05) is 84.9 Å². The molecule has 3 aromatic carbocycles. The van der Waals surface area contributed by atoms with Crippen molar-refractivity contribution in [2.45, 2.75) is 19.1 Å². The number of carbonyl (C=O) groups excluding carboxylic acids is 2. The zero-order chi connectivity index (χ0) is 19.8. The highest BCUT2D eigenvalue weighted by atomic mass is 16.5. The smallest absolute Gasteiger partial charge is 0.408 e. The fourth-order valence-electron chi connectivity index (χ4n) is 2.80. The van der Waals surface area contributed by atoms with Crippen LogP contribution >= 0.6 is 0 Å². The lowest BCUT2D eigenvalue weighted by Crippen LogP contribution is -2.49. The number of amides is 1. The Hall–Kier alpha value is -3.60. The van der Waals surface area contributed by atoms with Crippen molar-refractivity contribution >= 4 is 12.1 Å². The van der Waals surface area contributed by atoms with Gasteiger partial charge in [-0.25, -0.2) is 4.79 Å². The van der Waals surface area contributed by atoms with Gasteiger partial charge >= 0.3 is 6.09 Å². The molecule has 5 nitrogen and oxygen atoms in total. The highest BCUT2D eigenvalue weighted by Crippen LogP contribution is 2.19. The number of aliphatic carboxylic acids is 1. The molecule has 0 unspecified atom stereocenters. The lowest BCUT2D eigenvalue weighted by molar-refractivity contribution is -0.308. The van der Waals surface area contributed by atoms with Gasteiger partial charge in [0.25, 0.3) is 0 Å². The predicted octanol–water partition coefficient (Wildman–Crippen LogP) is 2.94. The molecule has 1 N–H and O–H groups in total. The van der Waals surface area contributed by atoms with E-state index in [0.717, 1.165) is 22.3 Å². The minimum absolute atomic E-state index is 0.0677. The summed E-state index contributed by atoms with van der Waals surface area (Å²) in [6.45, 7) is 0.0677. The number of hydrogen-bond donors (Lipinski definition) is 1. The molecule has 0 fully saturated rings. The van der Waals surface area contributed by atoms with Crippen LogP contribution in [-0.2, 0) is 22.6 Å². The maximum Gasteiger partial charge on any atom is 0.408 e. The molecule has 0 saturated carbocycles. The number of ether oxygens (including phenoxy) is 1. The number of rotatable bonds is 7. The minimum atomic E-state index is -1.36. The van der Waals surface area contributed by atoms with Crippen molar-refractivity contribution in [3.05, 3.63) is 96.1 Å². The topological polar surface area (TPSA) is 78.5 Å². The third kappa shape index (κ3) is 5.45. The molecule has 28 heavy (non-hydrogen) atoms. The quantitative estimate of drug-likeness (QED) is 0.690. The normalized spacial score (nSPS) is 11.4. The van der Waals surface area contributed by atoms with Crippen LogP contribution in [0.15, 0.2) is 84.9 Å². The van der Waals surface area contributed by atoms with E-state index < -0.39 is 18.1 Å². The van der Waals surface area contributed by atoms with E-state index in [9.17, 15) is 14.7 Å². The Morgan fingerprint density at radius 1 is 0.786 bits per heavy atom. The fraction of sp³-hybridized carbons (Fsp3) is 0.130. The molecule has 0 aliphatic rings. The van der Waals surface area contributed by atoms with Crippen LogP contribution in [0, 0.1) is 0 Å². The Balaban J connectivity index is 1.58. The van der Waals surface area contributed by atoms with Crippen molar-refractivity contribution in [2.75, 3.05) is 0 Å². The van der Waals surface area contributed by atoms with E-state index in [1.165, 1.54) is 0 Å². The Kier molecular flexibility index (Phi) is 6.41. The van der Waals surface area contributed by atoms with Crippen molar-refractivity contribution in [3.8, 4) is 11.1 Å². The Morgan fingerprint density at radius 3 is 1.96 bits per heavy atom. The molecule has 0 bridgehead atoms. The van der Waals surface area contributed by atoms with E-state index in [-0.39, 0.29) is 13.0 Å². The monoisotopic (exact) mass is 374 g/mol. The molecule has 0 radical (unpaired) electrons. The number of nitrogens with one attached hydrogen (secondary N) is 1. The molecule has 0 saturated heterocycles. The molecule has 142 valence electrons. The summed E-state index contributed by atoms with van der Waals surface area (Å²) in [6, 6.07) is 25.4. The summed E-state index contributed by atoms with van der Waals surface area (Å²) < 4.78 is 5.08. The van der Waals surface area contributed by atoms with E-state index in [1.54, 1.807) is 0 Å². The zero-order valence-electron chi connectivity index (χ0n) is 15.2. The first kappa shape index (κ1) is 19.2. The molecule has 0 aliphatic carbocycles. The Morgan fingerprint density at radius 2 is 1.36 bits per heavy atom. The molecular weight excluding hydrogens is 354 g/mol. The third-order valence-corrected chi connectivity index (χ3v) is 4.29. The maximum absolute atomic E-state index is 11.9. The zero-order valence-corrected chi connectivity index (χ0v) is 15.2. The molecule has 3 aromatic rings. The van der Waals surface area contributed by atoms with Crippen LogP contribution in [0.1, 0.15) is 11.1 Å². The summed E-state index contributed by atoms with van der Waals surface area (Å²) in [5.74, 6) is -1.36. The highest BCUT2D eigenvalue weighted by Gasteiger charge is 2.15. The molecule has 0 heterocycles. The largest absolute Gasteiger partial charge is 0.548 e. The molecule has 0 aliphatic heterocycles. The van der Waals surface area contributed by atoms with Crippen LogP contribution in [0.3, 0.4) is 0 Å². The summed E-state index contributed by atoms with van der Waals surface area (Å²) in [7, 11) is 0. The summed E-state index contributed by atoms with van der Waals surface area (Å²) in [5, 5.41) is 13.8. The second-order valence-electron chi connectivity index (χ2n) is 6.34. The average molecular weight is 374 g/mol. The maximum atomic E-state index is 11.9. The van der Waals surface area contributed by atoms with Crippen LogP contribution in [0.2, 0.25) is 0 Å². The first-order valence-electron chi connectivity index (χ1n) is 8.94. The third-order valence-electron chi connectivity index (χ3n) is 4.29. The number of alkyl carbamates (subject to hydrolysis) is 1. The number of hydrogen-bond acceptors (Lipinski definition) is 4. The first-order valence-corrected chi connectivity index (χ1v) is 8.94. The van der Waals surface area contributed by atoms with Crippen LogP contribution in [0.5, 0.6) is 0 Å².